The Morgan fingerprint density at radius 1 is 1.22 bits per heavy atom. The van der Waals surface area contributed by atoms with Crippen LogP contribution in [0.25, 0.3) is 10.9 Å². The Morgan fingerprint density at radius 2 is 2.04 bits per heavy atom. The molecule has 6 heteroatoms. The zero-order valence-corrected chi connectivity index (χ0v) is 16.3. The number of carbonyl (C=O) groups is 1. The van der Waals surface area contributed by atoms with Gasteiger partial charge in [-0.25, -0.2) is 4.79 Å². The van der Waals surface area contributed by atoms with E-state index < -0.39 is 0 Å². The molecule has 138 valence electrons. The highest BCUT2D eigenvalue weighted by Gasteiger charge is 2.25. The van der Waals surface area contributed by atoms with Gasteiger partial charge >= 0.3 is 5.97 Å². The van der Waals surface area contributed by atoms with Crippen molar-refractivity contribution in [1.82, 2.24) is 9.88 Å². The van der Waals surface area contributed by atoms with Crippen molar-refractivity contribution in [3.8, 4) is 0 Å². The van der Waals surface area contributed by atoms with E-state index in [-0.39, 0.29) is 12.6 Å². The summed E-state index contributed by atoms with van der Waals surface area (Å²) in [6, 6.07) is 12.8. The van der Waals surface area contributed by atoms with Crippen molar-refractivity contribution < 1.29 is 9.53 Å². The Kier molecular flexibility index (Phi) is 5.04. The van der Waals surface area contributed by atoms with Crippen molar-refractivity contribution in [1.29, 1.82) is 0 Å². The second-order valence-corrected chi connectivity index (χ2v) is 7.57. The molecule has 2 heterocycles. The first kappa shape index (κ1) is 18.2. The molecule has 3 aromatic rings. The fourth-order valence-electron chi connectivity index (χ4n) is 3.41. The molecule has 1 aromatic heterocycles. The molecule has 0 N–H and O–H groups in total. The van der Waals surface area contributed by atoms with Crippen LogP contribution < -0.4 is 0 Å². The lowest BCUT2D eigenvalue weighted by Crippen LogP contribution is -2.29. The molecule has 2 aromatic carbocycles. The quantitative estimate of drug-likeness (QED) is 0.587. The van der Waals surface area contributed by atoms with Crippen LogP contribution in [0.4, 0.5) is 0 Å². The maximum Gasteiger partial charge on any atom is 0.339 e. The van der Waals surface area contributed by atoms with Gasteiger partial charge in [0.2, 0.25) is 0 Å². The number of pyridine rings is 1. The highest BCUT2D eigenvalue weighted by atomic mass is 35.5. The van der Waals surface area contributed by atoms with E-state index in [0.717, 1.165) is 40.7 Å². The molecule has 0 spiro atoms. The molecular formula is C21H18Cl2N2O2. The molecule has 0 saturated carbocycles. The Bertz CT molecular complexity index is 1040. The molecule has 4 rings (SSSR count). The van der Waals surface area contributed by atoms with E-state index in [1.165, 1.54) is 0 Å². The number of hydrogen-bond acceptors (Lipinski definition) is 4. The highest BCUT2D eigenvalue weighted by molar-refractivity contribution is 6.35. The number of nitrogens with zero attached hydrogens (tertiary/aromatic N) is 2. The van der Waals surface area contributed by atoms with E-state index in [1.807, 2.05) is 31.3 Å². The zero-order valence-electron chi connectivity index (χ0n) is 14.8. The van der Waals surface area contributed by atoms with Gasteiger partial charge in [-0.05, 0) is 25.2 Å². The monoisotopic (exact) mass is 400 g/mol. The lowest BCUT2D eigenvalue weighted by atomic mass is 9.96. The minimum Gasteiger partial charge on any atom is -0.457 e. The Balaban J connectivity index is 1.71. The van der Waals surface area contributed by atoms with Crippen molar-refractivity contribution in [2.24, 2.45) is 0 Å². The lowest BCUT2D eigenvalue weighted by Gasteiger charge is -2.26. The fourth-order valence-corrected chi connectivity index (χ4v) is 3.88. The number of carbonyl (C=O) groups excluding carboxylic acids is 1. The summed E-state index contributed by atoms with van der Waals surface area (Å²) in [5.41, 5.74) is 4.07. The van der Waals surface area contributed by atoms with Gasteiger partial charge in [-0.15, -0.1) is 0 Å². The van der Waals surface area contributed by atoms with Gasteiger partial charge in [0, 0.05) is 51.8 Å². The van der Waals surface area contributed by atoms with Crippen molar-refractivity contribution in [3.05, 3.63) is 74.9 Å². The largest absolute Gasteiger partial charge is 0.457 e. The summed E-state index contributed by atoms with van der Waals surface area (Å²) in [5, 5.41) is 1.85. The second kappa shape index (κ2) is 7.47. The van der Waals surface area contributed by atoms with E-state index in [2.05, 4.69) is 4.90 Å². The number of rotatable bonds is 3. The Labute approximate surface area is 167 Å². The average Bonchev–Trinajstić information content (AvgIpc) is 2.65. The smallest absolute Gasteiger partial charge is 0.339 e. The minimum atomic E-state index is -0.355. The van der Waals surface area contributed by atoms with Gasteiger partial charge in [0.1, 0.15) is 6.61 Å². The van der Waals surface area contributed by atoms with Gasteiger partial charge < -0.3 is 9.64 Å². The molecule has 27 heavy (non-hydrogen) atoms. The maximum atomic E-state index is 13.1. The van der Waals surface area contributed by atoms with Crippen LogP contribution in [0.1, 0.15) is 27.2 Å². The van der Waals surface area contributed by atoms with Gasteiger partial charge in [0.15, 0.2) is 0 Å². The molecule has 0 radical (unpaired) electrons. The zero-order chi connectivity index (χ0) is 19.0. The molecule has 1 aliphatic heterocycles. The van der Waals surface area contributed by atoms with Crippen molar-refractivity contribution >= 4 is 40.1 Å². The van der Waals surface area contributed by atoms with E-state index in [1.54, 1.807) is 18.2 Å². The Morgan fingerprint density at radius 3 is 2.85 bits per heavy atom. The molecule has 4 nitrogen and oxygen atoms in total. The summed E-state index contributed by atoms with van der Waals surface area (Å²) in [4.78, 5) is 20.0. The summed E-state index contributed by atoms with van der Waals surface area (Å²) in [6.45, 7) is 1.70. The van der Waals surface area contributed by atoms with Crippen LogP contribution >= 0.6 is 23.2 Å². The van der Waals surface area contributed by atoms with Crippen molar-refractivity contribution in [2.45, 2.75) is 19.6 Å². The van der Waals surface area contributed by atoms with Gasteiger partial charge in [-0.2, -0.15) is 0 Å². The predicted molar refractivity (Wildman–Crippen MR) is 107 cm³/mol. The number of para-hydroxylation sites is 1. The first-order valence-electron chi connectivity index (χ1n) is 8.73. The van der Waals surface area contributed by atoms with Crippen LogP contribution in [-0.4, -0.2) is 29.4 Å². The van der Waals surface area contributed by atoms with Gasteiger partial charge in [0.25, 0.3) is 0 Å². The van der Waals surface area contributed by atoms with Crippen LogP contribution in [0.2, 0.25) is 10.0 Å². The number of benzene rings is 2. The molecule has 1 aliphatic rings. The second-order valence-electron chi connectivity index (χ2n) is 6.73. The van der Waals surface area contributed by atoms with E-state index in [0.29, 0.717) is 22.2 Å². The molecule has 0 fully saturated rings. The first-order valence-corrected chi connectivity index (χ1v) is 9.48. The Hall–Kier alpha value is -2.14. The third kappa shape index (κ3) is 3.65. The summed E-state index contributed by atoms with van der Waals surface area (Å²) >= 11 is 12.1. The first-order chi connectivity index (χ1) is 13.0. The number of likely N-dealkylation sites (N-methyl/N-ethyl adjacent to an activating group) is 1. The number of ether oxygens (including phenoxy) is 1. The number of halogens is 2. The fraction of sp³-hybridized carbons (Fsp3) is 0.238. The van der Waals surface area contributed by atoms with Gasteiger partial charge in [0.05, 0.1) is 11.1 Å². The predicted octanol–water partition coefficient (Wildman–Crippen LogP) is 4.89. The van der Waals surface area contributed by atoms with Gasteiger partial charge in [-0.1, -0.05) is 47.5 Å². The topological polar surface area (TPSA) is 42.4 Å². The molecular weight excluding hydrogens is 383 g/mol. The summed E-state index contributed by atoms with van der Waals surface area (Å²) < 4.78 is 5.63. The third-order valence-corrected chi connectivity index (χ3v) is 5.40. The van der Waals surface area contributed by atoms with E-state index >= 15 is 0 Å². The summed E-state index contributed by atoms with van der Waals surface area (Å²) in [7, 11) is 2.04. The molecule has 0 unspecified atom stereocenters. The van der Waals surface area contributed by atoms with Crippen LogP contribution in [0, 0.1) is 0 Å². The number of hydrogen-bond donors (Lipinski definition) is 0. The number of aromatic nitrogens is 1. The number of esters is 1. The van der Waals surface area contributed by atoms with Crippen molar-refractivity contribution in [3.63, 3.8) is 0 Å². The minimum absolute atomic E-state index is 0.0934. The van der Waals surface area contributed by atoms with Crippen LogP contribution in [-0.2, 0) is 24.3 Å². The van der Waals surface area contributed by atoms with Gasteiger partial charge in [-0.3, -0.25) is 4.98 Å². The van der Waals surface area contributed by atoms with E-state index in [9.17, 15) is 4.79 Å². The maximum absolute atomic E-state index is 13.1. The number of fused-ring (bicyclic) bond motifs is 2. The van der Waals surface area contributed by atoms with Crippen molar-refractivity contribution in [2.75, 3.05) is 13.6 Å². The van der Waals surface area contributed by atoms with Crippen LogP contribution in [0.15, 0.2) is 42.5 Å². The molecule has 0 saturated heterocycles. The standard InChI is InChI=1S/C21H18Cl2N2O2/c1-25-9-8-19-16(11-25)20(15-4-2-3-5-18(15)24-19)21(26)27-12-13-6-7-14(22)10-17(13)23/h2-7,10H,8-9,11-12H2,1H3. The van der Waals surface area contributed by atoms with Crippen LogP contribution in [0.3, 0.4) is 0 Å². The van der Waals surface area contributed by atoms with E-state index in [4.69, 9.17) is 32.9 Å². The average molecular weight is 401 g/mol. The lowest BCUT2D eigenvalue weighted by molar-refractivity contribution is 0.0472. The highest BCUT2D eigenvalue weighted by Crippen LogP contribution is 2.29. The molecule has 0 amide bonds. The molecule has 0 atom stereocenters. The molecule has 0 aliphatic carbocycles. The van der Waals surface area contributed by atoms with Crippen LogP contribution in [0.5, 0.6) is 0 Å². The summed E-state index contributed by atoms with van der Waals surface area (Å²) in [5.74, 6) is -0.355. The normalized spacial score (nSPS) is 14.2. The third-order valence-electron chi connectivity index (χ3n) is 4.82. The SMILES string of the molecule is CN1CCc2nc3ccccc3c(C(=O)OCc3ccc(Cl)cc3Cl)c2C1. The summed E-state index contributed by atoms with van der Waals surface area (Å²) in [6.07, 6.45) is 0.819. The molecule has 0 bridgehead atoms.